The molecule has 2 unspecified atom stereocenters. The Labute approximate surface area is 112 Å². The zero-order valence-electron chi connectivity index (χ0n) is 10.9. The van der Waals surface area contributed by atoms with Crippen LogP contribution in [0.5, 0.6) is 0 Å². The Morgan fingerprint density at radius 2 is 2.32 bits per heavy atom. The number of nitro groups is 1. The number of nitrogens with zero attached hydrogens (tertiary/aromatic N) is 2. The van der Waals surface area contributed by atoms with Gasteiger partial charge in [-0.15, -0.1) is 0 Å². The fourth-order valence-electron chi connectivity index (χ4n) is 2.67. The van der Waals surface area contributed by atoms with E-state index < -0.39 is 4.92 Å². The molecular weight excluding hydrogens is 242 g/mol. The van der Waals surface area contributed by atoms with E-state index in [4.69, 9.17) is 5.26 Å². The highest BCUT2D eigenvalue weighted by atomic mass is 16.6. The summed E-state index contributed by atoms with van der Waals surface area (Å²) in [5.41, 5.74) is 0.917. The first kappa shape index (κ1) is 13.3. The van der Waals surface area contributed by atoms with Crippen LogP contribution in [0.4, 0.5) is 11.4 Å². The molecule has 0 heterocycles. The van der Waals surface area contributed by atoms with Crippen molar-refractivity contribution in [1.82, 2.24) is 0 Å². The first-order chi connectivity index (χ1) is 9.11. The van der Waals surface area contributed by atoms with Crippen LogP contribution in [-0.4, -0.2) is 11.5 Å². The number of hydrogen-bond acceptors (Lipinski definition) is 4. The van der Waals surface area contributed by atoms with E-state index in [1.54, 1.807) is 6.07 Å². The third-order valence-electron chi connectivity index (χ3n) is 3.92. The quantitative estimate of drug-likeness (QED) is 0.664. The molecule has 1 N–H and O–H groups in total. The molecule has 5 nitrogen and oxygen atoms in total. The van der Waals surface area contributed by atoms with Gasteiger partial charge in [-0.3, -0.25) is 10.1 Å². The highest BCUT2D eigenvalue weighted by Gasteiger charge is 2.24. The largest absolute Gasteiger partial charge is 0.379 e. The van der Waals surface area contributed by atoms with Gasteiger partial charge in [0.1, 0.15) is 5.69 Å². The second-order valence-electron chi connectivity index (χ2n) is 5.15. The molecular formula is C14H17N3O2. The number of nitrogens with one attached hydrogen (secondary N) is 1. The molecule has 0 aliphatic heterocycles. The Morgan fingerprint density at radius 1 is 1.53 bits per heavy atom. The number of nitro benzene ring substituents is 1. The first-order valence-electron chi connectivity index (χ1n) is 6.54. The molecule has 1 aromatic carbocycles. The van der Waals surface area contributed by atoms with Crippen LogP contribution in [0.1, 0.15) is 31.7 Å². The molecule has 0 radical (unpaired) electrons. The second kappa shape index (κ2) is 5.70. The molecule has 1 fully saturated rings. The summed E-state index contributed by atoms with van der Waals surface area (Å²) in [7, 11) is 0. The third kappa shape index (κ3) is 3.02. The van der Waals surface area contributed by atoms with Crippen molar-refractivity contribution in [2.75, 3.05) is 11.9 Å². The summed E-state index contributed by atoms with van der Waals surface area (Å²) in [6.45, 7) is 2.95. The number of anilines is 1. The maximum Gasteiger partial charge on any atom is 0.292 e. The summed E-state index contributed by atoms with van der Waals surface area (Å²) in [6.07, 6.45) is 3.63. The normalized spacial score (nSPS) is 21.9. The Bertz CT molecular complexity index is 522. The fraction of sp³-hybridized carbons (Fsp3) is 0.500. The molecule has 2 atom stereocenters. The van der Waals surface area contributed by atoms with Crippen LogP contribution >= 0.6 is 0 Å². The van der Waals surface area contributed by atoms with E-state index in [9.17, 15) is 10.1 Å². The van der Waals surface area contributed by atoms with Gasteiger partial charge in [0.15, 0.2) is 0 Å². The van der Waals surface area contributed by atoms with Gasteiger partial charge in [-0.1, -0.05) is 19.8 Å². The topological polar surface area (TPSA) is 79.0 Å². The van der Waals surface area contributed by atoms with Crippen molar-refractivity contribution in [3.8, 4) is 6.07 Å². The van der Waals surface area contributed by atoms with E-state index >= 15 is 0 Å². The molecule has 2 rings (SSSR count). The molecule has 5 heteroatoms. The molecule has 1 aliphatic carbocycles. The van der Waals surface area contributed by atoms with Gasteiger partial charge in [-0.25, -0.2) is 0 Å². The predicted octanol–water partition coefficient (Wildman–Crippen LogP) is 3.31. The standard InChI is InChI=1S/C14H17N3O2/c1-10-3-2-4-12(10)9-16-13-7-11(8-15)5-6-14(13)17(18)19/h5-7,10,12,16H,2-4,9H2,1H3. The van der Waals surface area contributed by atoms with Crippen molar-refractivity contribution in [3.05, 3.63) is 33.9 Å². The minimum absolute atomic E-state index is 0.0321. The van der Waals surface area contributed by atoms with E-state index in [0.29, 0.717) is 23.1 Å². The van der Waals surface area contributed by atoms with E-state index in [1.807, 2.05) is 6.07 Å². The van der Waals surface area contributed by atoms with E-state index in [2.05, 4.69) is 12.2 Å². The number of benzene rings is 1. The fourth-order valence-corrected chi connectivity index (χ4v) is 2.67. The van der Waals surface area contributed by atoms with Crippen LogP contribution in [-0.2, 0) is 0 Å². The Hall–Kier alpha value is -2.09. The molecule has 19 heavy (non-hydrogen) atoms. The van der Waals surface area contributed by atoms with Crippen LogP contribution in [0, 0.1) is 33.3 Å². The summed E-state index contributed by atoms with van der Waals surface area (Å²) in [5.74, 6) is 1.22. The number of hydrogen-bond donors (Lipinski definition) is 1. The summed E-state index contributed by atoms with van der Waals surface area (Å²) in [6, 6.07) is 6.42. The van der Waals surface area contributed by atoms with E-state index in [-0.39, 0.29) is 5.69 Å². The van der Waals surface area contributed by atoms with Gasteiger partial charge in [0.05, 0.1) is 16.6 Å². The van der Waals surface area contributed by atoms with Crippen LogP contribution in [0.2, 0.25) is 0 Å². The van der Waals surface area contributed by atoms with Crippen molar-refractivity contribution >= 4 is 11.4 Å². The van der Waals surface area contributed by atoms with Crippen molar-refractivity contribution in [3.63, 3.8) is 0 Å². The molecule has 1 saturated carbocycles. The lowest BCUT2D eigenvalue weighted by molar-refractivity contribution is -0.384. The molecule has 0 spiro atoms. The van der Waals surface area contributed by atoms with Crippen LogP contribution in [0.25, 0.3) is 0 Å². The Morgan fingerprint density at radius 3 is 2.89 bits per heavy atom. The Balaban J connectivity index is 2.13. The molecule has 1 aromatic rings. The summed E-state index contributed by atoms with van der Waals surface area (Å²) >= 11 is 0. The molecule has 0 amide bonds. The van der Waals surface area contributed by atoms with Crippen molar-refractivity contribution in [2.24, 2.45) is 11.8 Å². The lowest BCUT2D eigenvalue weighted by Crippen LogP contribution is -2.17. The van der Waals surface area contributed by atoms with Crippen LogP contribution in [0.15, 0.2) is 18.2 Å². The number of nitriles is 1. The number of rotatable bonds is 4. The summed E-state index contributed by atoms with van der Waals surface area (Å²) < 4.78 is 0. The highest BCUT2D eigenvalue weighted by molar-refractivity contribution is 5.64. The molecule has 0 aromatic heterocycles. The molecule has 0 saturated heterocycles. The van der Waals surface area contributed by atoms with Crippen LogP contribution in [0.3, 0.4) is 0 Å². The third-order valence-corrected chi connectivity index (χ3v) is 3.92. The zero-order valence-corrected chi connectivity index (χ0v) is 10.9. The lowest BCUT2D eigenvalue weighted by Gasteiger charge is -2.16. The minimum Gasteiger partial charge on any atom is -0.379 e. The van der Waals surface area contributed by atoms with Gasteiger partial charge in [-0.2, -0.15) is 5.26 Å². The van der Waals surface area contributed by atoms with Gasteiger partial charge in [-0.05, 0) is 30.4 Å². The van der Waals surface area contributed by atoms with Crippen molar-refractivity contribution < 1.29 is 4.92 Å². The van der Waals surface area contributed by atoms with Gasteiger partial charge < -0.3 is 5.32 Å². The molecule has 1 aliphatic rings. The Kier molecular flexibility index (Phi) is 4.00. The summed E-state index contributed by atoms with van der Waals surface area (Å²) in [4.78, 5) is 10.5. The average Bonchev–Trinajstić information content (AvgIpc) is 2.81. The SMILES string of the molecule is CC1CCCC1CNc1cc(C#N)ccc1[N+](=O)[O-]. The monoisotopic (exact) mass is 259 g/mol. The zero-order chi connectivity index (χ0) is 13.8. The molecule has 100 valence electrons. The van der Waals surface area contributed by atoms with Gasteiger partial charge in [0, 0.05) is 12.6 Å². The lowest BCUT2D eigenvalue weighted by atomic mass is 9.98. The summed E-state index contributed by atoms with van der Waals surface area (Å²) in [5, 5.41) is 23.0. The molecule has 0 bridgehead atoms. The van der Waals surface area contributed by atoms with E-state index in [0.717, 1.165) is 6.54 Å². The predicted molar refractivity (Wildman–Crippen MR) is 72.8 cm³/mol. The second-order valence-corrected chi connectivity index (χ2v) is 5.15. The maximum atomic E-state index is 11.0. The van der Waals surface area contributed by atoms with Crippen molar-refractivity contribution in [1.29, 1.82) is 5.26 Å². The highest BCUT2D eigenvalue weighted by Crippen LogP contribution is 2.32. The maximum absolute atomic E-state index is 11.0. The van der Waals surface area contributed by atoms with Gasteiger partial charge >= 0.3 is 0 Å². The first-order valence-corrected chi connectivity index (χ1v) is 6.54. The van der Waals surface area contributed by atoms with Crippen LogP contribution < -0.4 is 5.32 Å². The smallest absolute Gasteiger partial charge is 0.292 e. The van der Waals surface area contributed by atoms with Gasteiger partial charge in [0.25, 0.3) is 5.69 Å². The van der Waals surface area contributed by atoms with Gasteiger partial charge in [0.2, 0.25) is 0 Å². The van der Waals surface area contributed by atoms with Crippen molar-refractivity contribution in [2.45, 2.75) is 26.2 Å². The van der Waals surface area contributed by atoms with E-state index in [1.165, 1.54) is 31.4 Å². The average molecular weight is 259 g/mol. The minimum atomic E-state index is -0.415.